The van der Waals surface area contributed by atoms with Crippen LogP contribution >= 0.6 is 0 Å². The first-order valence-electron chi connectivity index (χ1n) is 9.89. The molecule has 1 heterocycles. The van der Waals surface area contributed by atoms with Gasteiger partial charge in [-0.25, -0.2) is 0 Å². The van der Waals surface area contributed by atoms with E-state index in [-0.39, 0.29) is 12.6 Å². The summed E-state index contributed by atoms with van der Waals surface area (Å²) >= 11 is 0. The molecular formula is C19H35F3N2O. The second kappa shape index (κ2) is 9.56. The minimum atomic E-state index is -4.13. The molecule has 0 bridgehead atoms. The first-order valence-corrected chi connectivity index (χ1v) is 9.89. The maximum Gasteiger partial charge on any atom is 0.405 e. The molecule has 0 spiro atoms. The normalized spacial score (nSPS) is 30.1. The number of ether oxygens (including phenoxy) is 1. The third-order valence-corrected chi connectivity index (χ3v) is 6.07. The van der Waals surface area contributed by atoms with Crippen molar-refractivity contribution in [2.24, 2.45) is 5.92 Å². The summed E-state index contributed by atoms with van der Waals surface area (Å²) in [6, 6.07) is -1.13. The third-order valence-electron chi connectivity index (χ3n) is 6.07. The lowest BCUT2D eigenvalue weighted by Gasteiger charge is -2.43. The standard InChI is InChI=1S/C19H35F3N2O/c1-15(2)24-13-12-23(18(14-24)19(20,21)22)11-5-4-6-16-7-9-17(25-3)10-8-16/h15-18H,4-14H2,1-3H3. The maximum absolute atomic E-state index is 13.4. The highest BCUT2D eigenvalue weighted by Gasteiger charge is 2.46. The topological polar surface area (TPSA) is 15.7 Å². The molecule has 148 valence electrons. The highest BCUT2D eigenvalue weighted by atomic mass is 19.4. The van der Waals surface area contributed by atoms with Gasteiger partial charge in [-0.2, -0.15) is 13.2 Å². The zero-order chi connectivity index (χ0) is 18.4. The molecule has 1 atom stereocenters. The fourth-order valence-electron chi connectivity index (χ4n) is 4.29. The summed E-state index contributed by atoms with van der Waals surface area (Å²) in [5.41, 5.74) is 0. The molecule has 2 rings (SSSR count). The van der Waals surface area contributed by atoms with E-state index < -0.39 is 12.2 Å². The van der Waals surface area contributed by atoms with Crippen LogP contribution in [0, 0.1) is 5.92 Å². The van der Waals surface area contributed by atoms with Gasteiger partial charge in [0.25, 0.3) is 0 Å². The molecule has 0 N–H and O–H groups in total. The zero-order valence-corrected chi connectivity index (χ0v) is 16.0. The van der Waals surface area contributed by atoms with E-state index in [0.29, 0.717) is 19.2 Å². The summed E-state index contributed by atoms with van der Waals surface area (Å²) in [4.78, 5) is 3.61. The van der Waals surface area contributed by atoms with E-state index in [9.17, 15) is 13.2 Å². The van der Waals surface area contributed by atoms with E-state index >= 15 is 0 Å². The van der Waals surface area contributed by atoms with Crippen molar-refractivity contribution >= 4 is 0 Å². The van der Waals surface area contributed by atoms with Crippen molar-refractivity contribution in [3.63, 3.8) is 0 Å². The van der Waals surface area contributed by atoms with Crippen LogP contribution in [0.4, 0.5) is 13.2 Å². The molecule has 2 fully saturated rings. The number of unbranched alkanes of at least 4 members (excludes halogenated alkanes) is 1. The summed E-state index contributed by atoms with van der Waals surface area (Å²) in [5, 5.41) is 0. The number of hydrogen-bond acceptors (Lipinski definition) is 3. The van der Waals surface area contributed by atoms with Crippen LogP contribution in [0.5, 0.6) is 0 Å². The molecule has 0 aromatic carbocycles. The lowest BCUT2D eigenvalue weighted by atomic mass is 9.84. The Kier molecular flexibility index (Phi) is 8.02. The second-order valence-corrected chi connectivity index (χ2v) is 8.06. The molecule has 1 saturated carbocycles. The molecule has 0 radical (unpaired) electrons. The number of methoxy groups -OCH3 is 1. The Balaban J connectivity index is 1.72. The summed E-state index contributed by atoms with van der Waals surface area (Å²) in [7, 11) is 1.78. The van der Waals surface area contributed by atoms with Crippen LogP contribution in [-0.4, -0.2) is 67.5 Å². The molecule has 1 aliphatic carbocycles. The molecule has 1 saturated heterocycles. The molecule has 3 nitrogen and oxygen atoms in total. The molecule has 0 aromatic rings. The van der Waals surface area contributed by atoms with Gasteiger partial charge in [0.1, 0.15) is 6.04 Å². The van der Waals surface area contributed by atoms with Gasteiger partial charge in [0.15, 0.2) is 0 Å². The Hall–Kier alpha value is -0.330. The van der Waals surface area contributed by atoms with Gasteiger partial charge in [-0.3, -0.25) is 9.80 Å². The van der Waals surface area contributed by atoms with Gasteiger partial charge in [0, 0.05) is 32.8 Å². The number of hydrogen-bond donors (Lipinski definition) is 0. The Labute approximate surface area is 150 Å². The fourth-order valence-corrected chi connectivity index (χ4v) is 4.29. The van der Waals surface area contributed by atoms with E-state index in [4.69, 9.17) is 4.74 Å². The molecule has 2 aliphatic rings. The van der Waals surface area contributed by atoms with Crippen LogP contribution in [0.3, 0.4) is 0 Å². The predicted octanol–water partition coefficient (Wildman–Crippen LogP) is 4.32. The number of halogens is 3. The van der Waals surface area contributed by atoms with Crippen LogP contribution < -0.4 is 0 Å². The van der Waals surface area contributed by atoms with Crippen molar-refractivity contribution < 1.29 is 17.9 Å². The van der Waals surface area contributed by atoms with E-state index in [0.717, 1.165) is 44.6 Å². The van der Waals surface area contributed by atoms with E-state index in [1.807, 2.05) is 18.7 Å². The molecule has 0 amide bonds. The van der Waals surface area contributed by atoms with Crippen LogP contribution in [0.25, 0.3) is 0 Å². The van der Waals surface area contributed by atoms with Crippen molar-refractivity contribution in [1.82, 2.24) is 9.80 Å². The lowest BCUT2D eigenvalue weighted by molar-refractivity contribution is -0.198. The first kappa shape index (κ1) is 21.0. The van der Waals surface area contributed by atoms with E-state index in [1.165, 1.54) is 12.8 Å². The monoisotopic (exact) mass is 364 g/mol. The average Bonchev–Trinajstić information content (AvgIpc) is 2.58. The third kappa shape index (κ3) is 6.40. The molecular weight excluding hydrogens is 329 g/mol. The summed E-state index contributed by atoms with van der Waals surface area (Å²) in [5.74, 6) is 0.739. The fraction of sp³-hybridized carbons (Fsp3) is 1.00. The zero-order valence-electron chi connectivity index (χ0n) is 16.0. The quantitative estimate of drug-likeness (QED) is 0.626. The molecule has 1 unspecified atom stereocenters. The lowest BCUT2D eigenvalue weighted by Crippen LogP contribution is -2.60. The number of rotatable bonds is 7. The predicted molar refractivity (Wildman–Crippen MR) is 94.7 cm³/mol. The van der Waals surface area contributed by atoms with Crippen molar-refractivity contribution in [2.45, 2.75) is 83.2 Å². The summed E-state index contributed by atoms with van der Waals surface area (Å²) in [6.45, 7) is 5.90. The van der Waals surface area contributed by atoms with Crippen LogP contribution in [0.1, 0.15) is 58.8 Å². The Bertz CT molecular complexity index is 381. The van der Waals surface area contributed by atoms with Gasteiger partial charge in [-0.15, -0.1) is 0 Å². The van der Waals surface area contributed by atoms with E-state index in [1.54, 1.807) is 12.0 Å². The van der Waals surface area contributed by atoms with Crippen molar-refractivity contribution in [3.05, 3.63) is 0 Å². The van der Waals surface area contributed by atoms with Gasteiger partial charge in [-0.05, 0) is 58.4 Å². The molecule has 6 heteroatoms. The second-order valence-electron chi connectivity index (χ2n) is 8.06. The van der Waals surface area contributed by atoms with Crippen LogP contribution in [0.2, 0.25) is 0 Å². The summed E-state index contributed by atoms with van der Waals surface area (Å²) in [6.07, 6.45) is 4.03. The Morgan fingerprint density at radius 3 is 2.28 bits per heavy atom. The average molecular weight is 364 g/mol. The SMILES string of the molecule is COC1CCC(CCCCN2CCN(C(C)C)CC2C(F)(F)F)CC1. The van der Waals surface area contributed by atoms with Gasteiger partial charge in [0.2, 0.25) is 0 Å². The van der Waals surface area contributed by atoms with Gasteiger partial charge in [-0.1, -0.05) is 12.8 Å². The van der Waals surface area contributed by atoms with Gasteiger partial charge >= 0.3 is 6.18 Å². The Morgan fingerprint density at radius 2 is 1.72 bits per heavy atom. The molecule has 1 aliphatic heterocycles. The van der Waals surface area contributed by atoms with Crippen LogP contribution in [0.15, 0.2) is 0 Å². The van der Waals surface area contributed by atoms with Gasteiger partial charge in [0.05, 0.1) is 6.10 Å². The largest absolute Gasteiger partial charge is 0.405 e. The minimum Gasteiger partial charge on any atom is -0.381 e. The number of alkyl halides is 3. The molecule has 0 aromatic heterocycles. The van der Waals surface area contributed by atoms with Crippen molar-refractivity contribution in [2.75, 3.05) is 33.3 Å². The maximum atomic E-state index is 13.4. The van der Waals surface area contributed by atoms with Crippen molar-refractivity contribution in [1.29, 1.82) is 0 Å². The highest BCUT2D eigenvalue weighted by molar-refractivity contribution is 4.88. The van der Waals surface area contributed by atoms with Crippen molar-refractivity contribution in [3.8, 4) is 0 Å². The van der Waals surface area contributed by atoms with Gasteiger partial charge < -0.3 is 4.74 Å². The van der Waals surface area contributed by atoms with Crippen LogP contribution in [-0.2, 0) is 4.74 Å². The molecule has 25 heavy (non-hydrogen) atoms. The summed E-state index contributed by atoms with van der Waals surface area (Å²) < 4.78 is 45.7. The smallest absolute Gasteiger partial charge is 0.381 e. The Morgan fingerprint density at radius 1 is 1.04 bits per heavy atom. The highest BCUT2D eigenvalue weighted by Crippen LogP contribution is 2.31. The first-order chi connectivity index (χ1) is 11.8. The minimum absolute atomic E-state index is 0.113. The number of piperazine rings is 1. The van der Waals surface area contributed by atoms with E-state index in [2.05, 4.69) is 0 Å². The number of nitrogens with zero attached hydrogens (tertiary/aromatic N) is 2.